The highest BCUT2D eigenvalue weighted by molar-refractivity contribution is 5.83. The van der Waals surface area contributed by atoms with Crippen LogP contribution in [0.25, 0.3) is 10.8 Å². The molecule has 2 nitrogen and oxygen atoms in total. The third kappa shape index (κ3) is 1.62. The Morgan fingerprint density at radius 3 is 2.50 bits per heavy atom. The van der Waals surface area contributed by atoms with E-state index in [2.05, 4.69) is 35.6 Å². The molecule has 2 aromatic carbocycles. The first kappa shape index (κ1) is 9.19. The molecule has 1 atom stereocenters. The van der Waals surface area contributed by atoms with Gasteiger partial charge < -0.3 is 11.1 Å². The molecule has 2 aromatic rings. The molecule has 0 aliphatic carbocycles. The Bertz CT molecular complexity index is 437. The highest BCUT2D eigenvalue weighted by Gasteiger charge is 2.02. The van der Waals surface area contributed by atoms with Crippen LogP contribution in [-0.4, -0.2) is 7.05 Å². The van der Waals surface area contributed by atoms with Gasteiger partial charge in [-0.2, -0.15) is 0 Å². The molecule has 14 heavy (non-hydrogen) atoms. The first-order valence-electron chi connectivity index (χ1n) is 4.73. The highest BCUT2D eigenvalue weighted by atomic mass is 15.0. The molecule has 0 aliphatic rings. The van der Waals surface area contributed by atoms with E-state index in [4.69, 9.17) is 5.73 Å². The number of hydrogen-bond donors (Lipinski definition) is 2. The fourth-order valence-corrected chi connectivity index (χ4v) is 1.57. The fraction of sp³-hybridized carbons (Fsp3) is 0.167. The Balaban J connectivity index is 2.51. The number of nitrogens with two attached hydrogens (primary N) is 1. The predicted octanol–water partition coefficient (Wildman–Crippen LogP) is 2.02. The fourth-order valence-electron chi connectivity index (χ4n) is 1.57. The summed E-state index contributed by atoms with van der Waals surface area (Å²) in [5.74, 6) is 0. The zero-order chi connectivity index (χ0) is 9.97. The SMILES string of the molecule is CNC(N)c1ccc2ccccc2c1. The van der Waals surface area contributed by atoms with Crippen LogP contribution in [-0.2, 0) is 0 Å². The van der Waals surface area contributed by atoms with E-state index in [1.807, 2.05) is 19.2 Å². The Morgan fingerprint density at radius 1 is 1.07 bits per heavy atom. The van der Waals surface area contributed by atoms with Gasteiger partial charge in [-0.25, -0.2) is 0 Å². The molecule has 0 saturated carbocycles. The van der Waals surface area contributed by atoms with Crippen LogP contribution < -0.4 is 11.1 Å². The van der Waals surface area contributed by atoms with Crippen LogP contribution in [0.15, 0.2) is 42.5 Å². The summed E-state index contributed by atoms with van der Waals surface area (Å²) in [4.78, 5) is 0. The third-order valence-electron chi connectivity index (χ3n) is 2.44. The van der Waals surface area contributed by atoms with Gasteiger partial charge in [0.05, 0.1) is 6.17 Å². The molecule has 2 heteroatoms. The normalized spacial score (nSPS) is 13.0. The third-order valence-corrected chi connectivity index (χ3v) is 2.44. The molecule has 0 radical (unpaired) electrons. The van der Waals surface area contributed by atoms with Gasteiger partial charge in [0.25, 0.3) is 0 Å². The van der Waals surface area contributed by atoms with Crippen LogP contribution in [0.1, 0.15) is 11.7 Å². The van der Waals surface area contributed by atoms with E-state index < -0.39 is 0 Å². The van der Waals surface area contributed by atoms with Gasteiger partial charge in [-0.3, -0.25) is 0 Å². The van der Waals surface area contributed by atoms with Gasteiger partial charge in [-0.15, -0.1) is 0 Å². The van der Waals surface area contributed by atoms with Crippen LogP contribution in [0, 0.1) is 0 Å². The lowest BCUT2D eigenvalue weighted by Gasteiger charge is -2.11. The Morgan fingerprint density at radius 2 is 1.79 bits per heavy atom. The van der Waals surface area contributed by atoms with Crippen LogP contribution >= 0.6 is 0 Å². The molecule has 2 rings (SSSR count). The number of benzene rings is 2. The maximum Gasteiger partial charge on any atom is 0.0807 e. The summed E-state index contributed by atoms with van der Waals surface area (Å²) in [7, 11) is 1.86. The van der Waals surface area contributed by atoms with E-state index in [9.17, 15) is 0 Å². The van der Waals surface area contributed by atoms with E-state index in [1.54, 1.807) is 0 Å². The average molecular weight is 186 g/mol. The summed E-state index contributed by atoms with van der Waals surface area (Å²) in [6.45, 7) is 0. The second-order valence-corrected chi connectivity index (χ2v) is 3.37. The van der Waals surface area contributed by atoms with Gasteiger partial charge >= 0.3 is 0 Å². The zero-order valence-corrected chi connectivity index (χ0v) is 8.20. The zero-order valence-electron chi connectivity index (χ0n) is 8.20. The van der Waals surface area contributed by atoms with Gasteiger partial charge in [0.2, 0.25) is 0 Å². The van der Waals surface area contributed by atoms with Crippen molar-refractivity contribution >= 4 is 10.8 Å². The summed E-state index contributed by atoms with van der Waals surface area (Å²) in [5, 5.41) is 5.51. The van der Waals surface area contributed by atoms with Crippen LogP contribution in [0.2, 0.25) is 0 Å². The number of fused-ring (bicyclic) bond motifs is 1. The molecule has 0 aliphatic heterocycles. The predicted molar refractivity (Wildman–Crippen MR) is 59.9 cm³/mol. The van der Waals surface area contributed by atoms with Gasteiger partial charge in [0.15, 0.2) is 0 Å². The minimum atomic E-state index is -0.0837. The van der Waals surface area contributed by atoms with E-state index in [0.717, 1.165) is 5.56 Å². The van der Waals surface area contributed by atoms with Crippen molar-refractivity contribution in [2.24, 2.45) is 5.73 Å². The van der Waals surface area contributed by atoms with Crippen LogP contribution in [0.4, 0.5) is 0 Å². The first-order valence-corrected chi connectivity index (χ1v) is 4.73. The molecule has 0 aromatic heterocycles. The van der Waals surface area contributed by atoms with E-state index in [-0.39, 0.29) is 6.17 Å². The van der Waals surface area contributed by atoms with Gasteiger partial charge in [-0.05, 0) is 29.4 Å². The average Bonchev–Trinajstić information content (AvgIpc) is 2.27. The lowest BCUT2D eigenvalue weighted by Crippen LogP contribution is -2.24. The van der Waals surface area contributed by atoms with Crippen molar-refractivity contribution in [1.29, 1.82) is 0 Å². The van der Waals surface area contributed by atoms with E-state index in [1.165, 1.54) is 10.8 Å². The van der Waals surface area contributed by atoms with E-state index in [0.29, 0.717) is 0 Å². The van der Waals surface area contributed by atoms with Crippen molar-refractivity contribution in [3.63, 3.8) is 0 Å². The molecule has 1 unspecified atom stereocenters. The van der Waals surface area contributed by atoms with Gasteiger partial charge in [-0.1, -0.05) is 36.4 Å². The Labute approximate surface area is 83.7 Å². The molecular weight excluding hydrogens is 172 g/mol. The first-order chi connectivity index (χ1) is 6.81. The quantitative estimate of drug-likeness (QED) is 0.704. The second kappa shape index (κ2) is 3.78. The largest absolute Gasteiger partial charge is 0.312 e. The molecule has 0 amide bonds. The van der Waals surface area contributed by atoms with Crippen molar-refractivity contribution in [2.75, 3.05) is 7.05 Å². The monoisotopic (exact) mass is 186 g/mol. The maximum atomic E-state index is 5.87. The summed E-state index contributed by atoms with van der Waals surface area (Å²) < 4.78 is 0. The lowest BCUT2D eigenvalue weighted by atomic mass is 10.1. The molecule has 3 N–H and O–H groups in total. The van der Waals surface area contributed by atoms with Crippen molar-refractivity contribution in [3.05, 3.63) is 48.0 Å². The summed E-state index contributed by atoms with van der Waals surface area (Å²) >= 11 is 0. The highest BCUT2D eigenvalue weighted by Crippen LogP contribution is 2.17. The summed E-state index contributed by atoms with van der Waals surface area (Å²) in [6.07, 6.45) is -0.0837. The van der Waals surface area contributed by atoms with Gasteiger partial charge in [0, 0.05) is 0 Å². The van der Waals surface area contributed by atoms with Crippen molar-refractivity contribution in [1.82, 2.24) is 5.32 Å². The molecular formula is C12H14N2. The molecule has 0 saturated heterocycles. The van der Waals surface area contributed by atoms with Crippen molar-refractivity contribution in [2.45, 2.75) is 6.17 Å². The standard InChI is InChI=1S/C12H14N2/c1-14-12(13)11-7-6-9-4-2-3-5-10(9)8-11/h2-8,12,14H,13H2,1H3. The van der Waals surface area contributed by atoms with Crippen LogP contribution in [0.3, 0.4) is 0 Å². The minimum absolute atomic E-state index is 0.0837. The number of nitrogens with one attached hydrogen (secondary N) is 1. The van der Waals surface area contributed by atoms with Crippen molar-refractivity contribution in [3.8, 4) is 0 Å². The van der Waals surface area contributed by atoms with Gasteiger partial charge in [0.1, 0.15) is 0 Å². The maximum absolute atomic E-state index is 5.87. The molecule has 72 valence electrons. The number of rotatable bonds is 2. The topological polar surface area (TPSA) is 38.0 Å². The Kier molecular flexibility index (Phi) is 2.48. The Hall–Kier alpha value is -1.38. The molecule has 0 spiro atoms. The summed E-state index contributed by atoms with van der Waals surface area (Å²) in [6, 6.07) is 14.6. The van der Waals surface area contributed by atoms with E-state index >= 15 is 0 Å². The lowest BCUT2D eigenvalue weighted by molar-refractivity contribution is 0.623. The van der Waals surface area contributed by atoms with Crippen molar-refractivity contribution < 1.29 is 0 Å². The second-order valence-electron chi connectivity index (χ2n) is 3.37. The number of hydrogen-bond acceptors (Lipinski definition) is 2. The molecule has 0 bridgehead atoms. The smallest absolute Gasteiger partial charge is 0.0807 e. The van der Waals surface area contributed by atoms with Crippen LogP contribution in [0.5, 0.6) is 0 Å². The minimum Gasteiger partial charge on any atom is -0.312 e. The summed E-state index contributed by atoms with van der Waals surface area (Å²) in [5.41, 5.74) is 6.99. The molecule has 0 heterocycles. The molecule has 0 fully saturated rings.